The summed E-state index contributed by atoms with van der Waals surface area (Å²) in [6.07, 6.45) is 1.40. The van der Waals surface area contributed by atoms with E-state index in [1.807, 2.05) is 5.48 Å². The van der Waals surface area contributed by atoms with Crippen LogP contribution in [0.1, 0.15) is 15.9 Å². The number of ether oxygens (including phenoxy) is 1. The number of halogens is 4. The minimum absolute atomic E-state index is 0.0448. The fourth-order valence-electron chi connectivity index (χ4n) is 2.40. The topological polar surface area (TPSA) is 112 Å². The smallest absolute Gasteiger partial charge is 0.277 e. The standard InChI is InChI=1S/C19H23F3IN3O5/c20-14-10-23-2-1-15(14)25-18-13(19(29)26-31-8-6-28)9-12(16(21)17(18)22)11-30-7-4-24-3-5-27/h1-2,9-10,24-25,27-28H,3-8,11H2,(H,26,29). The van der Waals surface area contributed by atoms with E-state index in [0.717, 1.165) is 6.07 Å². The van der Waals surface area contributed by atoms with E-state index in [9.17, 15) is 18.0 Å². The molecule has 0 saturated heterocycles. The Bertz CT molecular complexity index is 865. The first-order valence-electron chi connectivity index (χ1n) is 9.21. The molecule has 0 aliphatic carbocycles. The molecule has 0 saturated carbocycles. The predicted octanol–water partition coefficient (Wildman–Crippen LogP) is 1.61. The Morgan fingerprint density at radius 2 is 1.90 bits per heavy atom. The van der Waals surface area contributed by atoms with Gasteiger partial charge in [-0.05, 0) is 16.2 Å². The van der Waals surface area contributed by atoms with Crippen molar-refractivity contribution in [2.75, 3.05) is 44.8 Å². The summed E-state index contributed by atoms with van der Waals surface area (Å²) in [5.74, 6) is -4.16. The van der Waals surface area contributed by atoms with Gasteiger partial charge in [0.25, 0.3) is 5.91 Å². The summed E-state index contributed by atoms with van der Waals surface area (Å²) in [6, 6.07) is 1.08. The molecule has 12 heteroatoms. The Morgan fingerprint density at radius 3 is 2.61 bits per heavy atom. The van der Waals surface area contributed by atoms with Gasteiger partial charge in [0.15, 0.2) is 17.5 Å². The number of benzene rings is 1. The molecule has 0 atom stereocenters. The third kappa shape index (κ3) is 7.66. The molecule has 0 aromatic heterocycles. The number of hydrogen-bond donors (Lipinski definition) is 5. The number of carbonyl (C=O) groups is 1. The first kappa shape index (κ1) is 25.4. The molecule has 1 aliphatic rings. The zero-order valence-corrected chi connectivity index (χ0v) is 18.5. The molecule has 1 aromatic carbocycles. The molecule has 0 radical (unpaired) electrons. The molecule has 0 bridgehead atoms. The van der Waals surface area contributed by atoms with Gasteiger partial charge < -0.3 is 25.6 Å². The van der Waals surface area contributed by atoms with Crippen molar-refractivity contribution in [2.24, 2.45) is 0 Å². The van der Waals surface area contributed by atoms with Gasteiger partial charge in [-0.25, -0.2) is 18.7 Å². The van der Waals surface area contributed by atoms with Gasteiger partial charge in [0.2, 0.25) is 0 Å². The molecule has 0 unspecified atom stereocenters. The van der Waals surface area contributed by atoms with Crippen molar-refractivity contribution in [1.29, 1.82) is 0 Å². The summed E-state index contributed by atoms with van der Waals surface area (Å²) in [7, 11) is 0. The predicted molar refractivity (Wildman–Crippen MR) is 117 cm³/mol. The second-order valence-corrected chi connectivity index (χ2v) is 8.09. The molecule has 1 heterocycles. The summed E-state index contributed by atoms with van der Waals surface area (Å²) in [5, 5.41) is 22.8. The van der Waals surface area contributed by atoms with Crippen molar-refractivity contribution in [1.82, 2.24) is 10.8 Å². The van der Waals surface area contributed by atoms with Crippen LogP contribution >= 0.6 is 20.7 Å². The second-order valence-electron chi connectivity index (χ2n) is 6.03. The highest BCUT2D eigenvalue weighted by Crippen LogP contribution is 2.29. The Morgan fingerprint density at radius 1 is 1.10 bits per heavy atom. The number of amides is 1. The molecular weight excluding hydrogens is 534 g/mol. The molecule has 1 aliphatic heterocycles. The van der Waals surface area contributed by atoms with E-state index in [1.165, 1.54) is 10.1 Å². The average molecular weight is 557 g/mol. The van der Waals surface area contributed by atoms with Crippen LogP contribution in [0.15, 0.2) is 27.7 Å². The lowest BCUT2D eigenvalue weighted by Crippen LogP contribution is -2.27. The highest BCUT2D eigenvalue weighted by molar-refractivity contribution is 14.2. The molecule has 8 nitrogen and oxygen atoms in total. The molecule has 172 valence electrons. The molecule has 2 rings (SSSR count). The monoisotopic (exact) mass is 557 g/mol. The van der Waals surface area contributed by atoms with Crippen molar-refractivity contribution < 1.29 is 37.8 Å². The molecular formula is C19H23F3IN3O5. The minimum Gasteiger partial charge on any atom is -0.395 e. The van der Waals surface area contributed by atoms with Crippen LogP contribution in [0.2, 0.25) is 0 Å². The van der Waals surface area contributed by atoms with Gasteiger partial charge in [-0.1, -0.05) is 20.7 Å². The van der Waals surface area contributed by atoms with Crippen molar-refractivity contribution >= 4 is 36.3 Å². The number of allylic oxidation sites excluding steroid dienone is 2. The van der Waals surface area contributed by atoms with E-state index >= 15 is 0 Å². The first-order valence-corrected chi connectivity index (χ1v) is 11.7. The van der Waals surface area contributed by atoms with E-state index in [4.69, 9.17) is 19.8 Å². The molecule has 5 N–H and O–H groups in total. The average Bonchev–Trinajstić information content (AvgIpc) is 2.76. The maximum Gasteiger partial charge on any atom is 0.277 e. The van der Waals surface area contributed by atoms with Gasteiger partial charge in [0.1, 0.15) is 0 Å². The van der Waals surface area contributed by atoms with Crippen molar-refractivity contribution in [3.05, 3.63) is 50.5 Å². The molecule has 1 amide bonds. The minimum atomic E-state index is -1.37. The number of hydrogen-bond acceptors (Lipinski definition) is 7. The van der Waals surface area contributed by atoms with Crippen LogP contribution in [-0.4, -0.2) is 59.6 Å². The molecule has 31 heavy (non-hydrogen) atoms. The number of anilines is 1. The number of carbonyl (C=O) groups excluding carboxylic acids is 1. The van der Waals surface area contributed by atoms with Crippen molar-refractivity contribution in [3.63, 3.8) is 0 Å². The fourth-order valence-corrected chi connectivity index (χ4v) is 3.82. The van der Waals surface area contributed by atoms with Gasteiger partial charge >= 0.3 is 0 Å². The van der Waals surface area contributed by atoms with Gasteiger partial charge in [-0.3, -0.25) is 9.63 Å². The summed E-state index contributed by atoms with van der Waals surface area (Å²) in [5.41, 5.74) is 0.811. The maximum atomic E-state index is 14.9. The Labute approximate surface area is 186 Å². The van der Waals surface area contributed by atoms with Crippen molar-refractivity contribution in [2.45, 2.75) is 6.61 Å². The molecule has 0 fully saturated rings. The van der Waals surface area contributed by atoms with Crippen molar-refractivity contribution in [3.8, 4) is 0 Å². The van der Waals surface area contributed by atoms with Crippen LogP contribution in [0.5, 0.6) is 0 Å². The second kappa shape index (κ2) is 13.5. The van der Waals surface area contributed by atoms with Gasteiger partial charge in [0.05, 0.1) is 50.0 Å². The largest absolute Gasteiger partial charge is 0.395 e. The Hall–Kier alpha value is -1.84. The van der Waals surface area contributed by atoms with Crippen LogP contribution < -0.4 is 16.1 Å². The third-order valence-corrected chi connectivity index (χ3v) is 5.51. The SMILES string of the molecule is O=C(NOCCO)c1cc(COCCNCCO)c(F)c(F)c1NC1=C(F)C=IC=C1. The zero-order chi connectivity index (χ0) is 22.6. The van der Waals surface area contributed by atoms with E-state index < -0.39 is 49.8 Å². The van der Waals surface area contributed by atoms with Crippen LogP contribution in [0.25, 0.3) is 0 Å². The first-order chi connectivity index (χ1) is 15.0. The molecule has 0 spiro atoms. The van der Waals surface area contributed by atoms with E-state index in [1.54, 1.807) is 4.08 Å². The Kier molecular flexibility index (Phi) is 11.1. The highest BCUT2D eigenvalue weighted by Gasteiger charge is 2.24. The number of aliphatic hydroxyl groups excluding tert-OH is 2. The zero-order valence-electron chi connectivity index (χ0n) is 16.4. The summed E-state index contributed by atoms with van der Waals surface area (Å²) in [6.45, 7) is -0.0428. The normalized spacial score (nSPS) is 13.3. The lowest BCUT2D eigenvalue weighted by atomic mass is 10.1. The highest BCUT2D eigenvalue weighted by atomic mass is 127. The Balaban J connectivity index is 2.27. The van der Waals surface area contributed by atoms with Gasteiger partial charge in [0, 0.05) is 22.7 Å². The fraction of sp³-hybridized carbons (Fsp3) is 0.368. The van der Waals surface area contributed by atoms with E-state index in [0.29, 0.717) is 13.1 Å². The van der Waals surface area contributed by atoms with E-state index in [2.05, 4.69) is 10.6 Å². The van der Waals surface area contributed by atoms with Crippen LogP contribution in [-0.2, 0) is 16.2 Å². The van der Waals surface area contributed by atoms with Gasteiger partial charge in [-0.15, -0.1) is 0 Å². The summed E-state index contributed by atoms with van der Waals surface area (Å²) < 4.78 is 51.9. The lowest BCUT2D eigenvalue weighted by Gasteiger charge is -2.17. The molecule has 1 aromatic rings. The van der Waals surface area contributed by atoms with E-state index in [-0.39, 0.29) is 49.9 Å². The van der Waals surface area contributed by atoms with Crippen LogP contribution in [0.4, 0.5) is 18.9 Å². The van der Waals surface area contributed by atoms with Gasteiger partial charge in [-0.2, -0.15) is 0 Å². The third-order valence-electron chi connectivity index (χ3n) is 3.83. The maximum absolute atomic E-state index is 14.9. The number of aliphatic hydroxyl groups is 2. The van der Waals surface area contributed by atoms with Crippen LogP contribution in [0, 0.1) is 11.6 Å². The van der Waals surface area contributed by atoms with Crippen LogP contribution in [0.3, 0.4) is 0 Å². The number of hydroxylamine groups is 1. The summed E-state index contributed by atoms with van der Waals surface area (Å²) in [4.78, 5) is 17.2. The number of nitrogens with one attached hydrogen (secondary N) is 3. The number of rotatable bonds is 13. The summed E-state index contributed by atoms with van der Waals surface area (Å²) >= 11 is -0.598. The lowest BCUT2D eigenvalue weighted by molar-refractivity contribution is 0.0168. The quantitative estimate of drug-likeness (QED) is 0.142.